The summed E-state index contributed by atoms with van der Waals surface area (Å²) in [4.78, 5) is 0. The number of rotatable bonds is 12. The Morgan fingerprint density at radius 1 is 0.900 bits per heavy atom. The van der Waals surface area contributed by atoms with E-state index < -0.39 is 0 Å². The van der Waals surface area contributed by atoms with Crippen LogP contribution in [0.3, 0.4) is 0 Å². The van der Waals surface area contributed by atoms with E-state index in [-0.39, 0.29) is 0 Å². The summed E-state index contributed by atoms with van der Waals surface area (Å²) >= 11 is 0. The molecule has 0 aliphatic carbocycles. The molecule has 0 aromatic heterocycles. The van der Waals surface area contributed by atoms with Gasteiger partial charge in [-0.3, -0.25) is 0 Å². The molecule has 0 aliphatic rings. The average Bonchev–Trinajstić information content (AvgIpc) is 2.48. The lowest BCUT2D eigenvalue weighted by atomic mass is 9.87. The quantitative estimate of drug-likeness (QED) is 0.228. The van der Waals surface area contributed by atoms with Gasteiger partial charge >= 0.3 is 0 Å². The van der Waals surface area contributed by atoms with Crippen LogP contribution in [-0.2, 0) is 0 Å². The molecule has 20 heavy (non-hydrogen) atoms. The van der Waals surface area contributed by atoms with Crippen molar-refractivity contribution in [2.45, 2.75) is 65.2 Å². The fraction of sp³-hybridized carbons (Fsp3) is 0.579. The van der Waals surface area contributed by atoms with E-state index in [0.29, 0.717) is 11.4 Å². The van der Waals surface area contributed by atoms with Gasteiger partial charge in [-0.15, -0.1) is 0 Å². The summed E-state index contributed by atoms with van der Waals surface area (Å²) in [7, 11) is 5.78. The zero-order chi connectivity index (χ0) is 15.2. The third kappa shape index (κ3) is 9.01. The summed E-state index contributed by atoms with van der Waals surface area (Å²) in [6.07, 6.45) is 18.1. The van der Waals surface area contributed by atoms with E-state index in [2.05, 4.69) is 33.1 Å². The molecule has 0 bridgehead atoms. The topological polar surface area (TPSA) is 0 Å². The van der Waals surface area contributed by atoms with Crippen molar-refractivity contribution in [3.63, 3.8) is 0 Å². The minimum absolute atomic E-state index is 0.623. The minimum Gasteiger partial charge on any atom is -0.0997 e. The molecule has 1 unspecified atom stereocenters. The second-order valence-electron chi connectivity index (χ2n) is 5.43. The van der Waals surface area contributed by atoms with Crippen LogP contribution in [0.25, 0.3) is 0 Å². The number of hydrogen-bond donors (Lipinski definition) is 0. The van der Waals surface area contributed by atoms with Gasteiger partial charge in [-0.05, 0) is 24.3 Å². The van der Waals surface area contributed by atoms with Crippen LogP contribution >= 0.6 is 0 Å². The lowest BCUT2D eigenvalue weighted by molar-refractivity contribution is 0.471. The van der Waals surface area contributed by atoms with Gasteiger partial charge in [0.15, 0.2) is 0 Å². The molecule has 1 atom stereocenters. The van der Waals surface area contributed by atoms with Gasteiger partial charge in [-0.25, -0.2) is 0 Å². The van der Waals surface area contributed by atoms with Crippen molar-refractivity contribution >= 4 is 7.85 Å². The Bertz CT molecular complexity index is 323. The Hall–Kier alpha value is -0.975. The van der Waals surface area contributed by atoms with Gasteiger partial charge in [0.05, 0.1) is 0 Å². The standard InChI is InChI=1S/C19H31B/c1-5-9-11-12-14-18(13-10-6-2)17(7-3)15-16-19(20)8-4/h7-8,15-16,18H,3-6,9-14H2,1-2H3/b17-15+,19-16+. The van der Waals surface area contributed by atoms with E-state index in [1.54, 1.807) is 6.08 Å². The largest absolute Gasteiger partial charge is 0.113 e. The van der Waals surface area contributed by atoms with Gasteiger partial charge in [-0.1, -0.05) is 95.3 Å². The van der Waals surface area contributed by atoms with Gasteiger partial charge in [0.25, 0.3) is 0 Å². The van der Waals surface area contributed by atoms with Crippen molar-refractivity contribution < 1.29 is 0 Å². The normalized spacial score (nSPS) is 14.1. The molecule has 0 nitrogen and oxygen atoms in total. The van der Waals surface area contributed by atoms with Crippen LogP contribution in [0.5, 0.6) is 0 Å². The fourth-order valence-electron chi connectivity index (χ4n) is 2.38. The van der Waals surface area contributed by atoms with Crippen LogP contribution < -0.4 is 0 Å². The molecule has 0 saturated carbocycles. The Morgan fingerprint density at radius 3 is 2.10 bits per heavy atom. The molecule has 0 heterocycles. The maximum atomic E-state index is 5.78. The molecule has 0 rings (SSSR count). The molecule has 0 aliphatic heterocycles. The lowest BCUT2D eigenvalue weighted by Gasteiger charge is -2.18. The zero-order valence-corrected chi connectivity index (χ0v) is 13.5. The van der Waals surface area contributed by atoms with Gasteiger partial charge in [0.2, 0.25) is 0 Å². The average molecular weight is 270 g/mol. The molecule has 0 amide bonds. The van der Waals surface area contributed by atoms with Crippen LogP contribution in [-0.4, -0.2) is 7.85 Å². The number of allylic oxidation sites excluding steroid dienone is 6. The Kier molecular flexibility index (Phi) is 12.4. The Labute approximate surface area is 128 Å². The summed E-state index contributed by atoms with van der Waals surface area (Å²) in [5.41, 5.74) is 2.03. The predicted octanol–water partition coefficient (Wildman–Crippen LogP) is 6.11. The van der Waals surface area contributed by atoms with E-state index in [1.807, 2.05) is 12.2 Å². The molecule has 110 valence electrons. The Morgan fingerprint density at radius 2 is 1.55 bits per heavy atom. The van der Waals surface area contributed by atoms with Gasteiger partial charge in [-0.2, -0.15) is 0 Å². The third-order valence-corrected chi connectivity index (χ3v) is 3.72. The van der Waals surface area contributed by atoms with Crippen molar-refractivity contribution in [2.75, 3.05) is 0 Å². The molecule has 0 saturated heterocycles. The molecule has 0 spiro atoms. The van der Waals surface area contributed by atoms with E-state index >= 15 is 0 Å². The molecular weight excluding hydrogens is 239 g/mol. The fourth-order valence-corrected chi connectivity index (χ4v) is 2.38. The molecule has 0 aromatic carbocycles. The van der Waals surface area contributed by atoms with Crippen molar-refractivity contribution in [3.8, 4) is 0 Å². The first-order valence-electron chi connectivity index (χ1n) is 8.11. The highest BCUT2D eigenvalue weighted by molar-refractivity contribution is 6.23. The smallest absolute Gasteiger partial charge is 0.0997 e. The van der Waals surface area contributed by atoms with Gasteiger partial charge in [0, 0.05) is 0 Å². The monoisotopic (exact) mass is 270 g/mol. The number of unbranched alkanes of at least 4 members (excludes halogenated alkanes) is 4. The second kappa shape index (κ2) is 13.0. The van der Waals surface area contributed by atoms with Crippen LogP contribution in [0.4, 0.5) is 0 Å². The van der Waals surface area contributed by atoms with E-state index in [4.69, 9.17) is 7.85 Å². The van der Waals surface area contributed by atoms with E-state index in [0.717, 1.165) is 0 Å². The summed E-state index contributed by atoms with van der Waals surface area (Å²) < 4.78 is 0. The highest BCUT2D eigenvalue weighted by Gasteiger charge is 2.10. The molecule has 0 fully saturated rings. The third-order valence-electron chi connectivity index (χ3n) is 3.72. The van der Waals surface area contributed by atoms with Crippen molar-refractivity contribution in [2.24, 2.45) is 5.92 Å². The second-order valence-corrected chi connectivity index (χ2v) is 5.43. The van der Waals surface area contributed by atoms with Crippen molar-refractivity contribution in [1.82, 2.24) is 0 Å². The Balaban J connectivity index is 4.67. The van der Waals surface area contributed by atoms with Crippen LogP contribution in [0.2, 0.25) is 0 Å². The van der Waals surface area contributed by atoms with E-state index in [9.17, 15) is 0 Å². The summed E-state index contributed by atoms with van der Waals surface area (Å²) in [5.74, 6) is 0.623. The molecule has 1 heteroatoms. The maximum absolute atomic E-state index is 5.78. The summed E-state index contributed by atoms with van der Waals surface area (Å²) in [5, 5.41) is 0. The summed E-state index contributed by atoms with van der Waals surface area (Å²) in [6.45, 7) is 12.2. The van der Waals surface area contributed by atoms with Crippen LogP contribution in [0, 0.1) is 5.92 Å². The predicted molar refractivity (Wildman–Crippen MR) is 94.1 cm³/mol. The van der Waals surface area contributed by atoms with Gasteiger partial charge in [0.1, 0.15) is 7.85 Å². The van der Waals surface area contributed by atoms with Crippen molar-refractivity contribution in [3.05, 3.63) is 48.5 Å². The van der Waals surface area contributed by atoms with Crippen LogP contribution in [0.15, 0.2) is 48.5 Å². The van der Waals surface area contributed by atoms with Crippen molar-refractivity contribution in [1.29, 1.82) is 0 Å². The first-order chi connectivity index (χ1) is 9.69. The first kappa shape index (κ1) is 19.0. The molecule has 0 aromatic rings. The van der Waals surface area contributed by atoms with Gasteiger partial charge < -0.3 is 0 Å². The molecule has 2 radical (unpaired) electrons. The maximum Gasteiger partial charge on any atom is 0.113 e. The van der Waals surface area contributed by atoms with Crippen LogP contribution in [0.1, 0.15) is 65.2 Å². The lowest BCUT2D eigenvalue weighted by Crippen LogP contribution is -2.03. The highest BCUT2D eigenvalue weighted by atomic mass is 14.2. The SMILES string of the molecule is [B]/C(C=C)=C/C=C(\C=C)C(CCCC)CCCCCC. The molecular formula is C19H31B. The van der Waals surface area contributed by atoms with E-state index in [1.165, 1.54) is 56.9 Å². The zero-order valence-electron chi connectivity index (χ0n) is 13.5. The number of hydrogen-bond acceptors (Lipinski definition) is 0. The highest BCUT2D eigenvalue weighted by Crippen LogP contribution is 2.25. The first-order valence-corrected chi connectivity index (χ1v) is 8.11. The molecule has 0 N–H and O–H groups in total. The summed E-state index contributed by atoms with van der Waals surface area (Å²) in [6, 6.07) is 0. The minimum atomic E-state index is 0.623.